The molecular weight excluding hydrogens is 355 g/mol. The Morgan fingerprint density at radius 2 is 1.96 bits per heavy atom. The predicted octanol–water partition coefficient (Wildman–Crippen LogP) is 4.41. The van der Waals surface area contributed by atoms with E-state index in [0.717, 1.165) is 36.7 Å². The summed E-state index contributed by atoms with van der Waals surface area (Å²) in [5.74, 6) is 0.770. The number of ether oxygens (including phenoxy) is 1. The monoisotopic (exact) mass is 378 g/mol. The molecule has 0 aromatic heterocycles. The fraction of sp³-hybridized carbons (Fsp3) is 0.348. The van der Waals surface area contributed by atoms with Gasteiger partial charge in [0.15, 0.2) is 0 Å². The first-order valence-electron chi connectivity index (χ1n) is 9.91. The summed E-state index contributed by atoms with van der Waals surface area (Å²) in [7, 11) is 0. The molecule has 0 unspecified atom stereocenters. The summed E-state index contributed by atoms with van der Waals surface area (Å²) in [6.07, 6.45) is 2.52. The number of halogens is 1. The van der Waals surface area contributed by atoms with Crippen molar-refractivity contribution in [1.29, 1.82) is 0 Å². The van der Waals surface area contributed by atoms with Gasteiger partial charge in [-0.15, -0.1) is 0 Å². The maximum absolute atomic E-state index is 13.7. The molecule has 0 radical (unpaired) electrons. The smallest absolute Gasteiger partial charge is 0.260 e. The van der Waals surface area contributed by atoms with Crippen LogP contribution in [0, 0.1) is 11.7 Å². The molecule has 0 spiro atoms. The number of carbonyl (C=O) groups is 1. The zero-order chi connectivity index (χ0) is 19.3. The van der Waals surface area contributed by atoms with Gasteiger partial charge in [-0.3, -0.25) is 9.69 Å². The molecule has 1 saturated heterocycles. The Balaban J connectivity index is 1.45. The average molecular weight is 378 g/mol. The van der Waals surface area contributed by atoms with Crippen LogP contribution in [-0.2, 0) is 22.7 Å². The summed E-state index contributed by atoms with van der Waals surface area (Å²) in [5.41, 5.74) is 4.90. The fourth-order valence-corrected chi connectivity index (χ4v) is 4.36. The molecule has 0 saturated carbocycles. The molecule has 5 rings (SSSR count). The lowest BCUT2D eigenvalue weighted by Crippen LogP contribution is -2.32. The van der Waals surface area contributed by atoms with Crippen LogP contribution in [0.1, 0.15) is 42.0 Å². The van der Waals surface area contributed by atoms with E-state index in [1.165, 1.54) is 30.5 Å². The standard InChI is InChI=1S/C23H23FN2O2/c1-14-6-8-26(9-7-14)12-15-2-4-18-16(10-15)13-28-22(18)21-19-11-17(24)3-5-20(19)25-23(21)27/h2-5,10-11,14H,6-9,12-13H2,1H3,(H,25,27)/b22-21+. The predicted molar refractivity (Wildman–Crippen MR) is 107 cm³/mol. The van der Waals surface area contributed by atoms with E-state index in [1.807, 2.05) is 6.07 Å². The summed E-state index contributed by atoms with van der Waals surface area (Å²) in [5, 5.41) is 2.80. The van der Waals surface area contributed by atoms with Crippen LogP contribution in [0.3, 0.4) is 0 Å². The zero-order valence-electron chi connectivity index (χ0n) is 15.9. The highest BCUT2D eigenvalue weighted by atomic mass is 19.1. The Morgan fingerprint density at radius 3 is 2.79 bits per heavy atom. The van der Waals surface area contributed by atoms with Gasteiger partial charge in [0.2, 0.25) is 0 Å². The maximum atomic E-state index is 13.7. The average Bonchev–Trinajstić information content (AvgIpc) is 3.22. The number of benzene rings is 2. The van der Waals surface area contributed by atoms with Crippen molar-refractivity contribution in [3.05, 3.63) is 64.5 Å². The molecule has 4 nitrogen and oxygen atoms in total. The van der Waals surface area contributed by atoms with Crippen LogP contribution in [-0.4, -0.2) is 23.9 Å². The van der Waals surface area contributed by atoms with Crippen molar-refractivity contribution in [1.82, 2.24) is 4.90 Å². The lowest BCUT2D eigenvalue weighted by molar-refractivity contribution is -0.110. The first-order chi connectivity index (χ1) is 13.6. The second-order valence-corrected chi connectivity index (χ2v) is 8.09. The van der Waals surface area contributed by atoms with Gasteiger partial charge in [0.1, 0.15) is 18.2 Å². The summed E-state index contributed by atoms with van der Waals surface area (Å²) < 4.78 is 19.7. The van der Waals surface area contributed by atoms with Crippen molar-refractivity contribution in [3.63, 3.8) is 0 Å². The number of carbonyl (C=O) groups excluding carboxylic acids is 1. The van der Waals surface area contributed by atoms with Crippen molar-refractivity contribution >= 4 is 22.9 Å². The van der Waals surface area contributed by atoms with E-state index in [1.54, 1.807) is 6.07 Å². The topological polar surface area (TPSA) is 41.6 Å². The minimum absolute atomic E-state index is 0.241. The van der Waals surface area contributed by atoms with Crippen molar-refractivity contribution in [2.45, 2.75) is 32.9 Å². The molecule has 0 bridgehead atoms. The number of piperidine rings is 1. The number of hydrogen-bond acceptors (Lipinski definition) is 3. The third-order valence-electron chi connectivity index (χ3n) is 6.02. The van der Waals surface area contributed by atoms with E-state index in [2.05, 4.69) is 29.3 Å². The summed E-state index contributed by atoms with van der Waals surface area (Å²) >= 11 is 0. The number of nitrogens with zero attached hydrogens (tertiary/aromatic N) is 1. The molecule has 1 amide bonds. The van der Waals surface area contributed by atoms with Crippen LogP contribution in [0.2, 0.25) is 0 Å². The number of anilines is 1. The van der Waals surface area contributed by atoms with E-state index in [9.17, 15) is 9.18 Å². The molecule has 1 fully saturated rings. The lowest BCUT2D eigenvalue weighted by Gasteiger charge is -2.30. The van der Waals surface area contributed by atoms with E-state index >= 15 is 0 Å². The molecule has 2 aromatic carbocycles. The third kappa shape index (κ3) is 3.00. The molecule has 2 aromatic rings. The number of fused-ring (bicyclic) bond motifs is 2. The molecule has 144 valence electrons. The van der Waals surface area contributed by atoms with Crippen LogP contribution in [0.25, 0.3) is 11.3 Å². The Kier molecular flexibility index (Phi) is 4.20. The molecule has 28 heavy (non-hydrogen) atoms. The molecule has 3 aliphatic rings. The highest BCUT2D eigenvalue weighted by Gasteiger charge is 2.32. The zero-order valence-corrected chi connectivity index (χ0v) is 15.9. The Hall–Kier alpha value is -2.66. The highest BCUT2D eigenvalue weighted by Crippen LogP contribution is 2.42. The Labute approximate surface area is 164 Å². The SMILES string of the molecule is CC1CCN(Cc2ccc3c(c2)CO/C3=C2/C(=O)Nc3ccc(F)cc32)CC1. The molecule has 3 heterocycles. The van der Waals surface area contributed by atoms with Crippen LogP contribution >= 0.6 is 0 Å². The van der Waals surface area contributed by atoms with Gasteiger partial charge in [0.25, 0.3) is 5.91 Å². The van der Waals surface area contributed by atoms with E-state index in [0.29, 0.717) is 29.2 Å². The summed E-state index contributed by atoms with van der Waals surface area (Å²) in [6.45, 7) is 6.00. The van der Waals surface area contributed by atoms with E-state index < -0.39 is 0 Å². The summed E-state index contributed by atoms with van der Waals surface area (Å²) in [6, 6.07) is 10.7. The number of hydrogen-bond donors (Lipinski definition) is 1. The van der Waals surface area contributed by atoms with Gasteiger partial charge in [0.05, 0.1) is 5.57 Å². The van der Waals surface area contributed by atoms with Crippen LogP contribution in [0.15, 0.2) is 36.4 Å². The molecule has 3 aliphatic heterocycles. The van der Waals surface area contributed by atoms with Gasteiger partial charge in [-0.25, -0.2) is 4.39 Å². The van der Waals surface area contributed by atoms with E-state index in [4.69, 9.17) is 4.74 Å². The Morgan fingerprint density at radius 1 is 1.14 bits per heavy atom. The number of amides is 1. The van der Waals surface area contributed by atoms with Gasteiger partial charge in [-0.05, 0) is 55.6 Å². The molecule has 0 aliphatic carbocycles. The first kappa shape index (κ1) is 17.4. The fourth-order valence-electron chi connectivity index (χ4n) is 4.36. The van der Waals surface area contributed by atoms with Crippen molar-refractivity contribution < 1.29 is 13.9 Å². The van der Waals surface area contributed by atoms with E-state index in [-0.39, 0.29) is 11.7 Å². The van der Waals surface area contributed by atoms with Gasteiger partial charge >= 0.3 is 0 Å². The van der Waals surface area contributed by atoms with Crippen LogP contribution < -0.4 is 5.32 Å². The number of rotatable bonds is 2. The highest BCUT2D eigenvalue weighted by molar-refractivity contribution is 6.36. The van der Waals surface area contributed by atoms with Crippen molar-refractivity contribution in [3.8, 4) is 0 Å². The van der Waals surface area contributed by atoms with Crippen LogP contribution in [0.5, 0.6) is 0 Å². The molecule has 5 heteroatoms. The molecule has 0 atom stereocenters. The largest absolute Gasteiger partial charge is 0.487 e. The normalized spacial score (nSPS) is 22.0. The van der Waals surface area contributed by atoms with Crippen molar-refractivity contribution in [2.24, 2.45) is 5.92 Å². The summed E-state index contributed by atoms with van der Waals surface area (Å²) in [4.78, 5) is 15.0. The second-order valence-electron chi connectivity index (χ2n) is 8.09. The lowest BCUT2D eigenvalue weighted by atomic mass is 9.97. The number of likely N-dealkylation sites (tertiary alicyclic amines) is 1. The Bertz CT molecular complexity index is 990. The minimum atomic E-state index is -0.363. The van der Waals surface area contributed by atoms with Gasteiger partial charge in [-0.2, -0.15) is 0 Å². The van der Waals surface area contributed by atoms with Crippen LogP contribution in [0.4, 0.5) is 10.1 Å². The number of nitrogens with one attached hydrogen (secondary N) is 1. The third-order valence-corrected chi connectivity index (χ3v) is 6.02. The quantitative estimate of drug-likeness (QED) is 0.787. The minimum Gasteiger partial charge on any atom is -0.487 e. The molecular formula is C23H23FN2O2. The maximum Gasteiger partial charge on any atom is 0.260 e. The van der Waals surface area contributed by atoms with Gasteiger partial charge < -0.3 is 10.1 Å². The van der Waals surface area contributed by atoms with Gasteiger partial charge in [0, 0.05) is 28.9 Å². The van der Waals surface area contributed by atoms with Gasteiger partial charge in [-0.1, -0.05) is 25.1 Å². The second kappa shape index (κ2) is 6.74. The first-order valence-corrected chi connectivity index (χ1v) is 9.91. The van der Waals surface area contributed by atoms with Crippen molar-refractivity contribution in [2.75, 3.05) is 18.4 Å². The molecule has 1 N–H and O–H groups in total.